The zero-order valence-corrected chi connectivity index (χ0v) is 17.9. The molecular weight excluding hydrogens is 431 g/mol. The van der Waals surface area contributed by atoms with Crippen LogP contribution in [0.25, 0.3) is 21.3 Å². The maximum absolute atomic E-state index is 13.2. The molecule has 0 aliphatic heterocycles. The summed E-state index contributed by atoms with van der Waals surface area (Å²) < 4.78 is 12.2. The minimum absolute atomic E-state index is 0.132. The van der Waals surface area contributed by atoms with E-state index in [1.165, 1.54) is 11.3 Å². The van der Waals surface area contributed by atoms with Crippen molar-refractivity contribution in [3.05, 3.63) is 74.1 Å². The van der Waals surface area contributed by atoms with Gasteiger partial charge in [-0.1, -0.05) is 35.3 Å². The topological polar surface area (TPSA) is 53.4 Å². The summed E-state index contributed by atoms with van der Waals surface area (Å²) in [6, 6.07) is 10.8. The lowest BCUT2D eigenvalue weighted by Gasteiger charge is -2.10. The van der Waals surface area contributed by atoms with Gasteiger partial charge in [-0.2, -0.15) is 0 Å². The number of nitrogens with zero attached hydrogens (tertiary/aromatic N) is 2. The fourth-order valence-electron chi connectivity index (χ4n) is 3.13. The zero-order chi connectivity index (χ0) is 20.5. The summed E-state index contributed by atoms with van der Waals surface area (Å²) in [6.45, 7) is 0.305. The molecule has 0 saturated heterocycles. The molecular formula is C21H16Cl2N2O3S. The van der Waals surface area contributed by atoms with Crippen molar-refractivity contribution >= 4 is 44.8 Å². The van der Waals surface area contributed by atoms with Gasteiger partial charge in [0, 0.05) is 21.0 Å². The second-order valence-corrected chi connectivity index (χ2v) is 8.01. The van der Waals surface area contributed by atoms with Crippen molar-refractivity contribution < 1.29 is 9.47 Å². The fraction of sp³-hybridized carbons (Fsp3) is 0.143. The number of fused-ring (bicyclic) bond motifs is 1. The molecule has 0 radical (unpaired) electrons. The molecule has 0 unspecified atom stereocenters. The standard InChI is InChI=1S/C21H16Cl2N2O3S/c1-27-17-6-4-12(7-18(17)28-2)15-10-29-20-19(15)21(26)25(11-24-20)9-13-3-5-14(22)8-16(13)23/h3-8,10-11H,9H2,1-2H3. The molecule has 0 aliphatic carbocycles. The van der Waals surface area contributed by atoms with E-state index in [2.05, 4.69) is 4.98 Å². The minimum atomic E-state index is -0.132. The maximum Gasteiger partial charge on any atom is 0.263 e. The van der Waals surface area contributed by atoms with Gasteiger partial charge in [0.1, 0.15) is 4.83 Å². The zero-order valence-electron chi connectivity index (χ0n) is 15.6. The average molecular weight is 447 g/mol. The molecule has 0 spiro atoms. The molecule has 0 bridgehead atoms. The Balaban J connectivity index is 1.82. The molecule has 0 atom stereocenters. The van der Waals surface area contributed by atoms with Crippen LogP contribution in [-0.2, 0) is 6.54 Å². The van der Waals surface area contributed by atoms with E-state index >= 15 is 0 Å². The lowest BCUT2D eigenvalue weighted by molar-refractivity contribution is 0.355. The molecule has 0 N–H and O–H groups in total. The van der Waals surface area contributed by atoms with Crippen LogP contribution in [0.15, 0.2) is 52.9 Å². The number of rotatable bonds is 5. The molecule has 0 fully saturated rings. The van der Waals surface area contributed by atoms with Crippen LogP contribution in [0.3, 0.4) is 0 Å². The first-order chi connectivity index (χ1) is 14.0. The molecule has 4 rings (SSSR count). The van der Waals surface area contributed by atoms with Gasteiger partial charge in [0.05, 0.1) is 32.5 Å². The first-order valence-corrected chi connectivity index (χ1v) is 10.3. The van der Waals surface area contributed by atoms with Crippen molar-refractivity contribution in [2.24, 2.45) is 0 Å². The van der Waals surface area contributed by atoms with Crippen LogP contribution >= 0.6 is 34.5 Å². The van der Waals surface area contributed by atoms with Crippen LogP contribution in [0.4, 0.5) is 0 Å². The van der Waals surface area contributed by atoms with Gasteiger partial charge in [-0.3, -0.25) is 9.36 Å². The van der Waals surface area contributed by atoms with Gasteiger partial charge >= 0.3 is 0 Å². The van der Waals surface area contributed by atoms with Crippen LogP contribution < -0.4 is 15.0 Å². The number of halogens is 2. The van der Waals surface area contributed by atoms with Crippen molar-refractivity contribution in [1.82, 2.24) is 9.55 Å². The minimum Gasteiger partial charge on any atom is -0.493 e. The quantitative estimate of drug-likeness (QED) is 0.406. The molecule has 0 saturated carbocycles. The highest BCUT2D eigenvalue weighted by molar-refractivity contribution is 7.17. The van der Waals surface area contributed by atoms with Crippen LogP contribution in [0.1, 0.15) is 5.56 Å². The molecule has 2 aromatic carbocycles. The van der Waals surface area contributed by atoms with Gasteiger partial charge in [-0.15, -0.1) is 11.3 Å². The first kappa shape index (κ1) is 19.8. The summed E-state index contributed by atoms with van der Waals surface area (Å²) in [5, 5.41) is 3.55. The van der Waals surface area contributed by atoms with Gasteiger partial charge in [0.2, 0.25) is 0 Å². The normalized spacial score (nSPS) is 11.0. The highest BCUT2D eigenvalue weighted by atomic mass is 35.5. The highest BCUT2D eigenvalue weighted by Crippen LogP contribution is 2.36. The van der Waals surface area contributed by atoms with Crippen molar-refractivity contribution in [3.8, 4) is 22.6 Å². The second-order valence-electron chi connectivity index (χ2n) is 6.31. The Morgan fingerprint density at radius 2 is 1.86 bits per heavy atom. The number of ether oxygens (including phenoxy) is 2. The summed E-state index contributed by atoms with van der Waals surface area (Å²) in [5.74, 6) is 1.23. The Bertz CT molecular complexity index is 1270. The molecule has 0 aliphatic rings. The Morgan fingerprint density at radius 1 is 1.07 bits per heavy atom. The summed E-state index contributed by atoms with van der Waals surface area (Å²) >= 11 is 13.7. The summed E-state index contributed by atoms with van der Waals surface area (Å²) in [5.41, 5.74) is 2.32. The van der Waals surface area contributed by atoms with E-state index in [0.717, 1.165) is 16.7 Å². The van der Waals surface area contributed by atoms with Crippen LogP contribution in [-0.4, -0.2) is 23.8 Å². The van der Waals surface area contributed by atoms with Gasteiger partial charge in [-0.05, 0) is 35.4 Å². The number of thiophene rings is 1. The molecule has 8 heteroatoms. The van der Waals surface area contributed by atoms with E-state index in [1.807, 2.05) is 29.6 Å². The van der Waals surface area contributed by atoms with E-state index < -0.39 is 0 Å². The van der Waals surface area contributed by atoms with Crippen LogP contribution in [0, 0.1) is 0 Å². The average Bonchev–Trinajstić information content (AvgIpc) is 3.16. The molecule has 2 heterocycles. The van der Waals surface area contributed by atoms with E-state index in [9.17, 15) is 4.79 Å². The SMILES string of the molecule is COc1ccc(-c2csc3ncn(Cc4ccc(Cl)cc4Cl)c(=O)c23)cc1OC. The largest absolute Gasteiger partial charge is 0.493 e. The molecule has 0 amide bonds. The number of benzene rings is 2. The van der Waals surface area contributed by atoms with Gasteiger partial charge in [-0.25, -0.2) is 4.98 Å². The van der Waals surface area contributed by atoms with Crippen molar-refractivity contribution in [2.75, 3.05) is 14.2 Å². The van der Waals surface area contributed by atoms with E-state index in [1.54, 1.807) is 37.2 Å². The number of hydrogen-bond acceptors (Lipinski definition) is 5. The summed E-state index contributed by atoms with van der Waals surface area (Å²) in [7, 11) is 3.17. The number of hydrogen-bond donors (Lipinski definition) is 0. The van der Waals surface area contributed by atoms with Crippen molar-refractivity contribution in [2.45, 2.75) is 6.54 Å². The highest BCUT2D eigenvalue weighted by Gasteiger charge is 2.16. The molecule has 29 heavy (non-hydrogen) atoms. The third kappa shape index (κ3) is 3.71. The van der Waals surface area contributed by atoms with E-state index in [0.29, 0.717) is 38.3 Å². The first-order valence-electron chi connectivity index (χ1n) is 8.64. The van der Waals surface area contributed by atoms with E-state index in [-0.39, 0.29) is 5.56 Å². The third-order valence-electron chi connectivity index (χ3n) is 4.61. The molecule has 2 aromatic heterocycles. The molecule has 5 nitrogen and oxygen atoms in total. The maximum atomic E-state index is 13.2. The Kier molecular flexibility index (Phi) is 5.50. The van der Waals surface area contributed by atoms with Crippen molar-refractivity contribution in [1.29, 1.82) is 0 Å². The predicted molar refractivity (Wildman–Crippen MR) is 118 cm³/mol. The van der Waals surface area contributed by atoms with E-state index in [4.69, 9.17) is 32.7 Å². The lowest BCUT2D eigenvalue weighted by atomic mass is 10.1. The van der Waals surface area contributed by atoms with Gasteiger partial charge in [0.25, 0.3) is 5.56 Å². The Hall–Kier alpha value is -2.54. The fourth-order valence-corrected chi connectivity index (χ4v) is 4.50. The number of methoxy groups -OCH3 is 2. The molecule has 148 valence electrons. The predicted octanol–water partition coefficient (Wildman–Crippen LogP) is 5.50. The Morgan fingerprint density at radius 3 is 2.59 bits per heavy atom. The second kappa shape index (κ2) is 8.06. The molecule has 4 aromatic rings. The van der Waals surface area contributed by atoms with Gasteiger partial charge in [0.15, 0.2) is 11.5 Å². The lowest BCUT2D eigenvalue weighted by Crippen LogP contribution is -2.21. The van der Waals surface area contributed by atoms with Gasteiger partial charge < -0.3 is 9.47 Å². The smallest absolute Gasteiger partial charge is 0.263 e. The van der Waals surface area contributed by atoms with Crippen molar-refractivity contribution in [3.63, 3.8) is 0 Å². The van der Waals surface area contributed by atoms with Crippen LogP contribution in [0.2, 0.25) is 10.0 Å². The summed E-state index contributed by atoms with van der Waals surface area (Å²) in [6.07, 6.45) is 1.55. The number of aromatic nitrogens is 2. The summed E-state index contributed by atoms with van der Waals surface area (Å²) in [4.78, 5) is 18.4. The third-order valence-corrected chi connectivity index (χ3v) is 6.08. The Labute approximate surface area is 181 Å². The monoisotopic (exact) mass is 446 g/mol. The van der Waals surface area contributed by atoms with Crippen LogP contribution in [0.5, 0.6) is 11.5 Å².